The molecular formula is C76H71AlBCl15FNaO20. The molecule has 2 unspecified atom stereocenters. The molecule has 3 heterocycles. The van der Waals surface area contributed by atoms with Gasteiger partial charge in [0, 0.05) is 66.2 Å². The standard InChI is InChI=1S/4C10H8Cl2O3.2C10H8Cl2O2.2C6H6.C4H4O3.Al.BH4.3ClH.FH.Na.H2O/c4*11-7-2-1-6(5-8(7)12)9(13)3-4-10(14)15;2*11-7-2-1-6(5-8(7)12)9-3-4-10(13)14-9;2*1-2-4-6-5-3-1;5-3-1-2-4(6)7-3;;;;;;;;/h4*1-2,5H,3-4H2,(H,14,15);2*1-2,5,9H,3-4H2;2*1-6H;1-2H2;;1H4;4*1H;;1H2/q;;;;;;;;;+3;-1;;;;;+1;/p-3/i1D,2D,5D;3D2,4D2;;;9D;;2*1D,2D,3D,4D,5D,6D;;;1D4;;;;;;/hD3. The third-order valence-electron chi connectivity index (χ3n) is 12.4. The summed E-state index contributed by atoms with van der Waals surface area (Å²) in [6.07, 6.45) is -6.92. The summed E-state index contributed by atoms with van der Waals surface area (Å²) in [5.41, 5.74) is 4.35. The molecule has 3 aliphatic rings. The predicted octanol–water partition coefficient (Wildman–Crippen LogP) is 18.7. The number of ether oxygens (including phenoxy) is 3. The molecule has 614 valence electrons. The average molecular weight is 1940 g/mol. The van der Waals surface area contributed by atoms with E-state index in [0.29, 0.717) is 59.7 Å². The number of halogens is 16. The Balaban J connectivity index is -0.00000151. The number of Topliss-reactive ketones (excluding diaryl/α,β-unsaturated/α-hetero) is 4. The van der Waals surface area contributed by atoms with Crippen LogP contribution >= 0.6 is 169 Å². The number of carbonyl (C=O) groups excluding carboxylic acids is 8. The van der Waals surface area contributed by atoms with Gasteiger partial charge in [0.05, 0.1) is 121 Å². The number of carbonyl (C=O) groups is 12. The van der Waals surface area contributed by atoms with Crippen molar-refractivity contribution in [2.45, 2.75) is 102 Å². The second-order valence-corrected chi connectivity index (χ2v) is 31.7. The Morgan fingerprint density at radius 2 is 0.739 bits per heavy atom. The maximum Gasteiger partial charge on any atom is 1.00 e. The smallest absolute Gasteiger partial charge is 0.481 e. The normalized spacial score (nSPS) is 16.8. The van der Waals surface area contributed by atoms with Gasteiger partial charge in [0.15, 0.2) is 23.1 Å². The number of carboxylic acids is 4. The van der Waals surface area contributed by atoms with Crippen LogP contribution in [0.2, 0.25) is 60.3 Å². The molecule has 0 bridgehead atoms. The summed E-state index contributed by atoms with van der Waals surface area (Å²) in [6, 6.07) is 15.6. The van der Waals surface area contributed by atoms with Crippen LogP contribution in [0, 0.1) is 0 Å². The van der Waals surface area contributed by atoms with E-state index in [0.717, 1.165) is 24.1 Å². The van der Waals surface area contributed by atoms with Crippen molar-refractivity contribution >= 4 is 260 Å². The van der Waals surface area contributed by atoms with Crippen LogP contribution in [0.25, 0.3) is 0 Å². The summed E-state index contributed by atoms with van der Waals surface area (Å²) >= 11 is 66.9. The van der Waals surface area contributed by atoms with Gasteiger partial charge >= 0.3 is 88.7 Å². The van der Waals surface area contributed by atoms with E-state index < -0.39 is 183 Å². The van der Waals surface area contributed by atoms with Gasteiger partial charge < -0.3 is 40.1 Å². The molecule has 3 saturated heterocycles. The van der Waals surface area contributed by atoms with Gasteiger partial charge in [-0.1, -0.05) is 232 Å². The molecule has 3 aliphatic heterocycles. The molecule has 8 aromatic carbocycles. The van der Waals surface area contributed by atoms with E-state index in [1.54, 1.807) is 30.3 Å². The van der Waals surface area contributed by atoms with E-state index in [-0.39, 0.29) is 152 Å². The molecule has 6 N–H and O–H groups in total. The number of rotatable bonds is 18. The van der Waals surface area contributed by atoms with Gasteiger partial charge in [-0.2, -0.15) is 0 Å². The molecule has 2 atom stereocenters. The SMILES string of the molecule is O=C(O)CCC(=O)c1ccc(Cl)c(Cl)c1.O=C(O)CCC(=O)c1ccc(Cl)c(Cl)c1.O=C1CCC(=O)O1.O=C1CCC(c2ccc(Cl)c(Cl)c2)O1.[2H]C([2H])(C(=O)O)C([2H])([2H])C(=O)c1ccc(Cl)c(Cl)c1.[2H]C1(c2ccc(Cl)c(Cl)c2)CCC(=O)O1.[2H]F.[2H]O[2H].[2H][B-]([2H])([2H])[2H].[2H]c1c([2H])c(C(=O)CCC(=O)O)c([2H])c(Cl)c1Cl.[2H]c1c([2H])c([2H])c([2H])c([2H])c1[2H].[2H]c1c([2H])c([2H])c([2H])c([2H])c1[2H].[Cl][Al]([Cl])[Cl].[Na+]. The molecule has 0 saturated carbocycles. The number of ketones is 4. The zero-order chi connectivity index (χ0) is 110. The monoisotopic (exact) mass is 1940 g/mol. The molecule has 115 heavy (non-hydrogen) atoms. The van der Waals surface area contributed by atoms with E-state index in [1.807, 2.05) is 6.07 Å². The maximum atomic E-state index is 11.9. The summed E-state index contributed by atoms with van der Waals surface area (Å²) in [5, 5.41) is 36.6. The number of cyclic esters (lactones) is 4. The maximum absolute atomic E-state index is 11.9. The Bertz CT molecular complexity index is 5410. The Morgan fingerprint density at radius 1 is 0.426 bits per heavy atom. The third-order valence-corrected chi connectivity index (χ3v) is 16.8. The second-order valence-electron chi connectivity index (χ2n) is 20.4. The van der Waals surface area contributed by atoms with Crippen LogP contribution < -0.4 is 29.6 Å². The molecule has 11 rings (SSSR count). The van der Waals surface area contributed by atoms with Crippen molar-refractivity contribution in [2.75, 3.05) is 0 Å². The van der Waals surface area contributed by atoms with Gasteiger partial charge in [-0.3, -0.25) is 62.3 Å². The molecule has 0 amide bonds. The van der Waals surface area contributed by atoms with Crippen LogP contribution in [0.1, 0.15) is 182 Å². The van der Waals surface area contributed by atoms with Gasteiger partial charge in [-0.05, 0) is 121 Å². The first-order chi connectivity index (χ1) is 64.8. The van der Waals surface area contributed by atoms with Crippen LogP contribution in [0.15, 0.2) is 182 Å². The molecule has 20 nitrogen and oxygen atoms in total. The molecule has 8 aromatic rings. The predicted molar refractivity (Wildman–Crippen MR) is 454 cm³/mol. The molecule has 0 aliphatic carbocycles. The summed E-state index contributed by atoms with van der Waals surface area (Å²) in [7, 11) is 11.8. The molecule has 0 radical (unpaired) electrons. The topological polar surface area (TPSA) is 345 Å². The summed E-state index contributed by atoms with van der Waals surface area (Å²) in [4.78, 5) is 130. The van der Waals surface area contributed by atoms with Gasteiger partial charge in [0.2, 0.25) is 2.86 Å². The fourth-order valence-corrected chi connectivity index (χ4v) is 9.09. The first-order valence-electron chi connectivity index (χ1n) is 43.8. The Morgan fingerprint density at radius 3 is 1.03 bits per heavy atom. The number of carboxylic acid groups (broad SMARTS) is 4. The first-order valence-corrected chi connectivity index (χ1v) is 40.1. The van der Waals surface area contributed by atoms with E-state index in [4.69, 9.17) is 240 Å². The van der Waals surface area contributed by atoms with Crippen molar-refractivity contribution in [3.05, 3.63) is 275 Å². The van der Waals surface area contributed by atoms with Gasteiger partial charge in [-0.25, -0.2) is 35.5 Å². The zero-order valence-corrected chi connectivity index (χ0v) is 72.7. The Kier molecular flexibility index (Phi) is 39.7. The largest absolute Gasteiger partial charge is 1.00 e. The van der Waals surface area contributed by atoms with Crippen LogP contribution in [-0.4, -0.2) is 126 Å². The van der Waals surface area contributed by atoms with Crippen LogP contribution in [0.4, 0.5) is 4.72 Å². The minimum Gasteiger partial charge on any atom is -0.481 e. The van der Waals surface area contributed by atoms with Crippen molar-refractivity contribution < 1.29 is 159 Å². The molecule has 0 spiro atoms. The second kappa shape index (κ2) is 63.3. The molecule has 39 heteroatoms. The van der Waals surface area contributed by atoms with Crippen LogP contribution in [0.5, 0.6) is 0 Å². The number of esters is 4. The van der Waals surface area contributed by atoms with Crippen LogP contribution in [-0.2, 0) is 52.6 Å². The van der Waals surface area contributed by atoms with Crippen molar-refractivity contribution in [3.63, 3.8) is 0 Å². The average Bonchev–Trinajstić information content (AvgIpc) is 0.956. The van der Waals surface area contributed by atoms with Gasteiger partial charge in [-0.15, -0.1) is 0 Å². The van der Waals surface area contributed by atoms with E-state index in [1.165, 1.54) is 42.5 Å². The summed E-state index contributed by atoms with van der Waals surface area (Å²) in [6.45, 7) is 0. The van der Waals surface area contributed by atoms with E-state index in [9.17, 15) is 57.5 Å². The quantitative estimate of drug-likeness (QED) is 0.0204. The fourth-order valence-electron chi connectivity index (χ4n) is 7.35. The summed E-state index contributed by atoms with van der Waals surface area (Å²) < 4.78 is 207. The van der Waals surface area contributed by atoms with E-state index in [2.05, 4.69) is 11.7 Å². The van der Waals surface area contributed by atoms with Crippen molar-refractivity contribution in [1.29, 1.82) is 9.66 Å². The molecular weight excluding hydrogens is 1840 g/mol. The van der Waals surface area contributed by atoms with Gasteiger partial charge in [0.1, 0.15) is 12.2 Å². The summed E-state index contributed by atoms with van der Waals surface area (Å²) in [5.74, 6) is -9.05. The Hall–Kier alpha value is -5.76. The van der Waals surface area contributed by atoms with Crippen molar-refractivity contribution in [3.8, 4) is 0 Å². The molecule has 0 aromatic heterocycles. The fraction of sp³-hybridized carbons (Fsp3) is 0.211. The molecule has 3 fully saturated rings. The minimum absolute atomic E-state index is 0. The van der Waals surface area contributed by atoms with Crippen molar-refractivity contribution in [1.82, 2.24) is 0 Å². The van der Waals surface area contributed by atoms with E-state index >= 15 is 0 Å². The van der Waals surface area contributed by atoms with Gasteiger partial charge in [0.25, 0.3) is 1.45 Å². The minimum atomic E-state index is -3.36. The number of hydrogen-bond acceptors (Lipinski definition) is 15. The van der Waals surface area contributed by atoms with Crippen molar-refractivity contribution in [2.24, 2.45) is 0 Å². The number of aliphatic carboxylic acids is 4. The van der Waals surface area contributed by atoms with Crippen LogP contribution in [0.3, 0.4) is 0 Å². The Labute approximate surface area is 799 Å². The number of benzene rings is 8. The first kappa shape index (κ1) is 72.1. The zero-order valence-electron chi connectivity index (χ0n) is 85.2. The third kappa shape index (κ3) is 50.7. The number of hydrogen-bond donors (Lipinski definition) is 4.